The Morgan fingerprint density at radius 3 is 2.68 bits per heavy atom. The van der Waals surface area contributed by atoms with Gasteiger partial charge in [0.05, 0.1) is 35.4 Å². The Morgan fingerprint density at radius 1 is 1.29 bits per heavy atom. The molecule has 1 heterocycles. The van der Waals surface area contributed by atoms with Crippen LogP contribution in [0.5, 0.6) is 5.75 Å². The summed E-state index contributed by atoms with van der Waals surface area (Å²) in [4.78, 5) is 13.5. The second-order valence-corrected chi connectivity index (χ2v) is 8.82. The molecule has 0 aromatic heterocycles. The number of amides is 1. The van der Waals surface area contributed by atoms with Crippen LogP contribution in [0.25, 0.3) is 0 Å². The molecule has 160 valence electrons. The molecule has 0 spiro atoms. The number of thioether (sulfide) groups is 1. The van der Waals surface area contributed by atoms with E-state index < -0.39 is 5.92 Å². The molecule has 0 fully saturated rings. The van der Waals surface area contributed by atoms with Crippen LogP contribution < -0.4 is 15.4 Å². The van der Waals surface area contributed by atoms with Gasteiger partial charge in [-0.25, -0.2) is 0 Å². The maximum absolute atomic E-state index is 13.5. The van der Waals surface area contributed by atoms with Crippen molar-refractivity contribution in [1.29, 1.82) is 5.26 Å². The molecule has 2 aromatic carbocycles. The van der Waals surface area contributed by atoms with Gasteiger partial charge in [-0.05, 0) is 42.5 Å². The van der Waals surface area contributed by atoms with E-state index in [-0.39, 0.29) is 5.91 Å². The molecule has 0 bridgehead atoms. The second-order valence-electron chi connectivity index (χ2n) is 6.70. The maximum Gasteiger partial charge on any atom is 0.254 e. The van der Waals surface area contributed by atoms with Crippen LogP contribution in [0.1, 0.15) is 25.3 Å². The van der Waals surface area contributed by atoms with Crippen molar-refractivity contribution in [3.8, 4) is 11.8 Å². The number of benzene rings is 2. The van der Waals surface area contributed by atoms with Crippen LogP contribution in [-0.4, -0.2) is 18.8 Å². The molecule has 2 aromatic rings. The lowest BCUT2D eigenvalue weighted by atomic mass is 9.82. The number of nitrogens with one attached hydrogen (secondary N) is 2. The SMILES string of the molecule is CCSC1=C(C#N)C(c2ccc(Cl)cc2Cl)C(C(=O)Nc2ccccc2OC)=C(C)N1. The fourth-order valence-electron chi connectivity index (χ4n) is 3.46. The van der Waals surface area contributed by atoms with E-state index in [9.17, 15) is 10.1 Å². The molecule has 1 aliphatic rings. The van der Waals surface area contributed by atoms with Crippen molar-refractivity contribution in [2.75, 3.05) is 18.2 Å². The van der Waals surface area contributed by atoms with Crippen molar-refractivity contribution in [1.82, 2.24) is 5.32 Å². The molecule has 1 unspecified atom stereocenters. The van der Waals surface area contributed by atoms with Gasteiger partial charge in [-0.1, -0.05) is 48.3 Å². The zero-order chi connectivity index (χ0) is 22.5. The first-order valence-corrected chi connectivity index (χ1v) is 11.3. The number of anilines is 1. The van der Waals surface area contributed by atoms with Crippen molar-refractivity contribution in [3.63, 3.8) is 0 Å². The number of carbonyl (C=O) groups excluding carboxylic acids is 1. The molecule has 31 heavy (non-hydrogen) atoms. The van der Waals surface area contributed by atoms with Gasteiger partial charge in [-0.15, -0.1) is 11.8 Å². The molecular formula is C23H21Cl2N3O2S. The molecule has 8 heteroatoms. The monoisotopic (exact) mass is 473 g/mol. The van der Waals surface area contributed by atoms with Gasteiger partial charge in [0.25, 0.3) is 5.91 Å². The lowest BCUT2D eigenvalue weighted by molar-refractivity contribution is -0.113. The minimum absolute atomic E-state index is 0.348. The number of methoxy groups -OCH3 is 1. The van der Waals surface area contributed by atoms with Crippen molar-refractivity contribution >= 4 is 46.6 Å². The summed E-state index contributed by atoms with van der Waals surface area (Å²) in [5, 5.41) is 17.8. The molecule has 0 saturated carbocycles. The topological polar surface area (TPSA) is 74.2 Å². The number of halogens is 2. The van der Waals surface area contributed by atoms with E-state index in [2.05, 4.69) is 16.7 Å². The zero-order valence-corrected chi connectivity index (χ0v) is 19.6. The highest BCUT2D eigenvalue weighted by atomic mass is 35.5. The van der Waals surface area contributed by atoms with Gasteiger partial charge in [-0.3, -0.25) is 4.79 Å². The van der Waals surface area contributed by atoms with Gasteiger partial charge in [0.1, 0.15) is 5.75 Å². The fourth-order valence-corrected chi connectivity index (χ4v) is 4.81. The smallest absolute Gasteiger partial charge is 0.254 e. The largest absolute Gasteiger partial charge is 0.495 e. The van der Waals surface area contributed by atoms with E-state index in [0.29, 0.717) is 48.9 Å². The lowest BCUT2D eigenvalue weighted by Gasteiger charge is -2.30. The predicted octanol–water partition coefficient (Wildman–Crippen LogP) is 6.09. The molecule has 2 N–H and O–H groups in total. The summed E-state index contributed by atoms with van der Waals surface area (Å²) in [6.45, 7) is 3.82. The Bertz CT molecular complexity index is 1120. The molecule has 1 aliphatic heterocycles. The van der Waals surface area contributed by atoms with E-state index in [4.69, 9.17) is 27.9 Å². The first-order chi connectivity index (χ1) is 14.9. The Balaban J connectivity index is 2.13. The quantitative estimate of drug-likeness (QED) is 0.530. The highest BCUT2D eigenvalue weighted by molar-refractivity contribution is 8.03. The third-order valence-corrected chi connectivity index (χ3v) is 6.27. The molecule has 3 rings (SSSR count). The van der Waals surface area contributed by atoms with Crippen LogP contribution in [0.3, 0.4) is 0 Å². The zero-order valence-electron chi connectivity index (χ0n) is 17.3. The number of dihydropyridines is 1. The Morgan fingerprint density at radius 2 is 2.03 bits per heavy atom. The molecule has 5 nitrogen and oxygen atoms in total. The third kappa shape index (κ3) is 4.85. The fraction of sp³-hybridized carbons (Fsp3) is 0.217. The minimum atomic E-state index is -0.639. The van der Waals surface area contributed by atoms with Crippen LogP contribution in [0, 0.1) is 11.3 Å². The summed E-state index contributed by atoms with van der Waals surface area (Å²) in [5.74, 6) is 0.320. The van der Waals surface area contributed by atoms with Crippen molar-refractivity contribution in [2.45, 2.75) is 19.8 Å². The Kier molecular flexibility index (Phi) is 7.55. The van der Waals surface area contributed by atoms with Crippen molar-refractivity contribution in [3.05, 3.63) is 79.9 Å². The van der Waals surface area contributed by atoms with E-state index in [1.165, 1.54) is 11.8 Å². The summed E-state index contributed by atoms with van der Waals surface area (Å²) >= 11 is 14.1. The van der Waals surface area contributed by atoms with Gasteiger partial charge >= 0.3 is 0 Å². The number of allylic oxidation sites excluding steroid dienone is 2. The third-order valence-electron chi connectivity index (χ3n) is 4.81. The van der Waals surface area contributed by atoms with Gasteiger partial charge in [0.2, 0.25) is 0 Å². The summed E-state index contributed by atoms with van der Waals surface area (Å²) < 4.78 is 5.35. The average Bonchev–Trinajstić information content (AvgIpc) is 2.74. The number of nitriles is 1. The maximum atomic E-state index is 13.5. The molecule has 1 amide bonds. The Labute approximate surface area is 196 Å². The van der Waals surface area contributed by atoms with Crippen molar-refractivity contribution in [2.24, 2.45) is 0 Å². The number of carbonyl (C=O) groups is 1. The highest BCUT2D eigenvalue weighted by Crippen LogP contribution is 2.43. The number of para-hydroxylation sites is 2. The molecule has 0 aliphatic carbocycles. The van der Waals surface area contributed by atoms with Crippen LogP contribution in [-0.2, 0) is 4.79 Å². The summed E-state index contributed by atoms with van der Waals surface area (Å²) in [6, 6.07) is 14.5. The van der Waals surface area contributed by atoms with E-state index in [1.807, 2.05) is 26.0 Å². The summed E-state index contributed by atoms with van der Waals surface area (Å²) in [7, 11) is 1.54. The minimum Gasteiger partial charge on any atom is -0.495 e. The predicted molar refractivity (Wildman–Crippen MR) is 127 cm³/mol. The van der Waals surface area contributed by atoms with Crippen molar-refractivity contribution < 1.29 is 9.53 Å². The van der Waals surface area contributed by atoms with Crippen LogP contribution in [0.2, 0.25) is 10.0 Å². The lowest BCUT2D eigenvalue weighted by Crippen LogP contribution is -2.31. The van der Waals surface area contributed by atoms with E-state index in [0.717, 1.165) is 5.75 Å². The van der Waals surface area contributed by atoms with E-state index in [1.54, 1.807) is 37.4 Å². The number of nitrogens with zero attached hydrogens (tertiary/aromatic N) is 1. The van der Waals surface area contributed by atoms with Crippen LogP contribution in [0.15, 0.2) is 64.3 Å². The summed E-state index contributed by atoms with van der Waals surface area (Å²) in [5.41, 5.74) is 2.67. The van der Waals surface area contributed by atoms with Gasteiger partial charge in [0, 0.05) is 21.3 Å². The van der Waals surface area contributed by atoms with Crippen LogP contribution in [0.4, 0.5) is 5.69 Å². The van der Waals surface area contributed by atoms with Gasteiger partial charge in [-0.2, -0.15) is 5.26 Å². The average molecular weight is 474 g/mol. The van der Waals surface area contributed by atoms with Gasteiger partial charge < -0.3 is 15.4 Å². The number of hydrogen-bond donors (Lipinski definition) is 2. The Hall–Kier alpha value is -2.59. The van der Waals surface area contributed by atoms with E-state index >= 15 is 0 Å². The molecule has 0 saturated heterocycles. The molecule has 0 radical (unpaired) electrons. The molecule has 1 atom stereocenters. The number of hydrogen-bond acceptors (Lipinski definition) is 5. The second kappa shape index (κ2) is 10.1. The first-order valence-electron chi connectivity index (χ1n) is 9.55. The van der Waals surface area contributed by atoms with Crippen LogP contribution >= 0.6 is 35.0 Å². The molecular weight excluding hydrogens is 453 g/mol. The summed E-state index contributed by atoms with van der Waals surface area (Å²) in [6.07, 6.45) is 0. The first kappa shape index (κ1) is 23.1. The number of rotatable bonds is 6. The number of ether oxygens (including phenoxy) is 1. The standard InChI is InChI=1S/C23H21Cl2N3O2S/c1-4-31-23-16(12-26)21(15-10-9-14(24)11-17(15)25)20(13(2)27-23)22(29)28-18-7-5-6-8-19(18)30-3/h5-11,21,27H,4H2,1-3H3,(H,28,29). The normalized spacial score (nSPS) is 15.9. The van der Waals surface area contributed by atoms with Gasteiger partial charge in [0.15, 0.2) is 0 Å². The highest BCUT2D eigenvalue weighted by Gasteiger charge is 2.36.